The van der Waals surface area contributed by atoms with Crippen LogP contribution >= 0.6 is 0 Å². The number of fused-ring (bicyclic) bond motifs is 1. The van der Waals surface area contributed by atoms with E-state index in [9.17, 15) is 0 Å². The third kappa shape index (κ3) is 0.827. The molecule has 0 atom stereocenters. The Morgan fingerprint density at radius 3 is 3.00 bits per heavy atom. The molecule has 5 heteroatoms. The van der Waals surface area contributed by atoms with Gasteiger partial charge < -0.3 is 5.32 Å². The Morgan fingerprint density at radius 2 is 2.25 bits per heavy atom. The first-order chi connectivity index (χ1) is 5.83. The molecule has 0 unspecified atom stereocenters. The molecule has 2 aromatic rings. The fourth-order valence-corrected chi connectivity index (χ4v) is 1.17. The van der Waals surface area contributed by atoms with Crippen LogP contribution in [0.1, 0.15) is 5.56 Å². The molecule has 0 spiro atoms. The topological polar surface area (TPSA) is 55.1 Å². The van der Waals surface area contributed by atoms with Crippen molar-refractivity contribution in [1.29, 1.82) is 0 Å². The molecular weight excluding hydrogens is 154 g/mol. The molecule has 0 saturated heterocycles. The zero-order chi connectivity index (χ0) is 8.55. The van der Waals surface area contributed by atoms with Gasteiger partial charge in [-0.3, -0.25) is 0 Å². The number of hydrogen-bond donors (Lipinski definition) is 1. The molecule has 0 aliphatic rings. The first-order valence-corrected chi connectivity index (χ1v) is 3.66. The van der Waals surface area contributed by atoms with Gasteiger partial charge in [-0.15, -0.1) is 0 Å². The molecule has 0 bridgehead atoms. The lowest BCUT2D eigenvalue weighted by molar-refractivity contribution is 0.932. The molecule has 2 rings (SSSR count). The van der Waals surface area contributed by atoms with E-state index in [0.29, 0.717) is 5.78 Å². The van der Waals surface area contributed by atoms with Crippen molar-refractivity contribution in [3.8, 4) is 0 Å². The summed E-state index contributed by atoms with van der Waals surface area (Å²) in [6.07, 6.45) is 3.26. The molecule has 2 aromatic heterocycles. The molecular formula is C7H9N5. The largest absolute Gasteiger partial charge is 0.373 e. The van der Waals surface area contributed by atoms with Crippen molar-refractivity contribution in [2.45, 2.75) is 6.92 Å². The highest BCUT2D eigenvalue weighted by molar-refractivity contribution is 5.47. The minimum Gasteiger partial charge on any atom is -0.373 e. The minimum atomic E-state index is 0.616. The van der Waals surface area contributed by atoms with Gasteiger partial charge in [0.1, 0.15) is 12.1 Å². The van der Waals surface area contributed by atoms with Crippen molar-refractivity contribution < 1.29 is 0 Å². The normalized spacial score (nSPS) is 10.5. The van der Waals surface area contributed by atoms with Gasteiger partial charge in [0.15, 0.2) is 0 Å². The third-order valence-corrected chi connectivity index (χ3v) is 1.73. The number of aromatic nitrogens is 4. The summed E-state index contributed by atoms with van der Waals surface area (Å²) >= 11 is 0. The molecule has 62 valence electrons. The van der Waals surface area contributed by atoms with Gasteiger partial charge in [0.2, 0.25) is 0 Å². The quantitative estimate of drug-likeness (QED) is 0.664. The first-order valence-electron chi connectivity index (χ1n) is 3.66. The average Bonchev–Trinajstić information content (AvgIpc) is 2.52. The number of rotatable bonds is 1. The highest BCUT2D eigenvalue weighted by atomic mass is 15.3. The molecule has 0 aromatic carbocycles. The standard InChI is InChI=1S/C7H9N5/c1-5-3-9-7-10-4-11-12(7)6(5)8-2/h3-4,8H,1-2H3. The van der Waals surface area contributed by atoms with Gasteiger partial charge in [0.25, 0.3) is 5.78 Å². The first kappa shape index (κ1) is 7.02. The fraction of sp³-hybridized carbons (Fsp3) is 0.286. The van der Waals surface area contributed by atoms with Crippen molar-refractivity contribution in [3.05, 3.63) is 18.1 Å². The molecule has 0 fully saturated rings. The molecule has 0 saturated carbocycles. The Labute approximate surface area is 69.5 Å². The lowest BCUT2D eigenvalue weighted by Crippen LogP contribution is -2.03. The molecule has 5 nitrogen and oxygen atoms in total. The number of hydrogen-bond acceptors (Lipinski definition) is 4. The molecule has 0 aliphatic carbocycles. The van der Waals surface area contributed by atoms with E-state index in [1.54, 1.807) is 10.7 Å². The average molecular weight is 163 g/mol. The second-order valence-electron chi connectivity index (χ2n) is 2.51. The molecule has 0 radical (unpaired) electrons. The summed E-state index contributed by atoms with van der Waals surface area (Å²) in [4.78, 5) is 8.07. The molecule has 12 heavy (non-hydrogen) atoms. The van der Waals surface area contributed by atoms with Crippen molar-refractivity contribution in [2.75, 3.05) is 12.4 Å². The second-order valence-corrected chi connectivity index (χ2v) is 2.51. The van der Waals surface area contributed by atoms with E-state index in [2.05, 4.69) is 20.4 Å². The zero-order valence-corrected chi connectivity index (χ0v) is 6.94. The minimum absolute atomic E-state index is 0.616. The number of nitrogens with zero attached hydrogens (tertiary/aromatic N) is 4. The maximum Gasteiger partial charge on any atom is 0.254 e. The van der Waals surface area contributed by atoms with Crippen LogP contribution in [0.3, 0.4) is 0 Å². The van der Waals surface area contributed by atoms with Crippen LogP contribution in [-0.2, 0) is 0 Å². The van der Waals surface area contributed by atoms with Crippen LogP contribution in [0.4, 0.5) is 5.82 Å². The summed E-state index contributed by atoms with van der Waals surface area (Å²) in [6, 6.07) is 0. The van der Waals surface area contributed by atoms with Crippen LogP contribution in [0.2, 0.25) is 0 Å². The van der Waals surface area contributed by atoms with Crippen molar-refractivity contribution in [2.24, 2.45) is 0 Å². The third-order valence-electron chi connectivity index (χ3n) is 1.73. The monoisotopic (exact) mass is 163 g/mol. The summed E-state index contributed by atoms with van der Waals surface area (Å²) in [5.74, 6) is 1.54. The fourth-order valence-electron chi connectivity index (χ4n) is 1.17. The van der Waals surface area contributed by atoms with E-state index >= 15 is 0 Å². The Balaban J connectivity index is 2.83. The van der Waals surface area contributed by atoms with Gasteiger partial charge in [-0.1, -0.05) is 0 Å². The van der Waals surface area contributed by atoms with Crippen LogP contribution in [0.25, 0.3) is 5.78 Å². The van der Waals surface area contributed by atoms with Gasteiger partial charge in [0, 0.05) is 18.8 Å². The second kappa shape index (κ2) is 2.44. The zero-order valence-electron chi connectivity index (χ0n) is 6.94. The Morgan fingerprint density at radius 1 is 1.42 bits per heavy atom. The number of anilines is 1. The Bertz CT molecular complexity index is 405. The summed E-state index contributed by atoms with van der Waals surface area (Å²) < 4.78 is 1.68. The summed E-state index contributed by atoms with van der Waals surface area (Å²) in [7, 11) is 1.85. The maximum absolute atomic E-state index is 4.10. The van der Waals surface area contributed by atoms with E-state index in [0.717, 1.165) is 11.4 Å². The van der Waals surface area contributed by atoms with Gasteiger partial charge in [-0.2, -0.15) is 14.6 Å². The van der Waals surface area contributed by atoms with E-state index in [-0.39, 0.29) is 0 Å². The van der Waals surface area contributed by atoms with Crippen molar-refractivity contribution in [1.82, 2.24) is 19.6 Å². The van der Waals surface area contributed by atoms with Gasteiger partial charge in [-0.25, -0.2) is 4.98 Å². The smallest absolute Gasteiger partial charge is 0.254 e. The molecule has 2 heterocycles. The van der Waals surface area contributed by atoms with E-state index in [4.69, 9.17) is 0 Å². The van der Waals surface area contributed by atoms with Crippen molar-refractivity contribution in [3.63, 3.8) is 0 Å². The molecule has 0 amide bonds. The Hall–Kier alpha value is -1.65. The number of nitrogens with one attached hydrogen (secondary N) is 1. The van der Waals surface area contributed by atoms with Gasteiger partial charge in [-0.05, 0) is 6.92 Å². The summed E-state index contributed by atoms with van der Waals surface area (Å²) in [6.45, 7) is 1.97. The highest BCUT2D eigenvalue weighted by Gasteiger charge is 2.03. The van der Waals surface area contributed by atoms with E-state index in [1.165, 1.54) is 6.33 Å². The lowest BCUT2D eigenvalue weighted by atomic mass is 10.3. The highest BCUT2D eigenvalue weighted by Crippen LogP contribution is 2.11. The molecule has 0 aliphatic heterocycles. The van der Waals surface area contributed by atoms with Gasteiger partial charge >= 0.3 is 0 Å². The maximum atomic E-state index is 4.10. The van der Waals surface area contributed by atoms with E-state index < -0.39 is 0 Å². The van der Waals surface area contributed by atoms with Crippen LogP contribution in [0.15, 0.2) is 12.5 Å². The predicted molar refractivity (Wildman–Crippen MR) is 45.1 cm³/mol. The summed E-state index contributed by atoms with van der Waals surface area (Å²) in [5, 5.41) is 7.08. The molecule has 1 N–H and O–H groups in total. The number of aryl methyl sites for hydroxylation is 1. The SMILES string of the molecule is CNc1c(C)cnc2ncnn12. The van der Waals surface area contributed by atoms with Gasteiger partial charge in [0.05, 0.1) is 0 Å². The Kier molecular flexibility index (Phi) is 1.43. The lowest BCUT2D eigenvalue weighted by Gasteiger charge is -2.04. The van der Waals surface area contributed by atoms with E-state index in [1.807, 2.05) is 14.0 Å². The van der Waals surface area contributed by atoms with Crippen LogP contribution < -0.4 is 5.32 Å². The van der Waals surface area contributed by atoms with Crippen molar-refractivity contribution >= 4 is 11.6 Å². The van der Waals surface area contributed by atoms with Crippen LogP contribution in [0.5, 0.6) is 0 Å². The van der Waals surface area contributed by atoms with Crippen LogP contribution in [0, 0.1) is 6.92 Å². The summed E-state index contributed by atoms with van der Waals surface area (Å²) in [5.41, 5.74) is 1.05. The van der Waals surface area contributed by atoms with Crippen LogP contribution in [-0.4, -0.2) is 26.6 Å². The predicted octanol–water partition coefficient (Wildman–Crippen LogP) is 0.474.